The molecule has 1 fully saturated rings. The molecule has 2 heterocycles. The highest BCUT2D eigenvalue weighted by Crippen LogP contribution is 2.19. The predicted molar refractivity (Wildman–Crippen MR) is 70.3 cm³/mol. The van der Waals surface area contributed by atoms with Crippen LogP contribution >= 0.6 is 0 Å². The van der Waals surface area contributed by atoms with Gasteiger partial charge >= 0.3 is 0 Å². The molecule has 17 heavy (non-hydrogen) atoms. The Bertz CT molecular complexity index is 347. The first-order valence-electron chi connectivity index (χ1n) is 6.44. The van der Waals surface area contributed by atoms with Gasteiger partial charge in [-0.05, 0) is 45.5 Å². The number of aromatic nitrogens is 2. The second-order valence-corrected chi connectivity index (χ2v) is 4.94. The number of hydrogen-bond donors (Lipinski definition) is 0. The van der Waals surface area contributed by atoms with Crippen LogP contribution in [0, 0.1) is 0 Å². The quantitative estimate of drug-likeness (QED) is 0.794. The van der Waals surface area contributed by atoms with Crippen LogP contribution < -0.4 is 4.90 Å². The summed E-state index contributed by atoms with van der Waals surface area (Å²) < 4.78 is 0. The molecule has 1 aliphatic heterocycles. The molecule has 0 spiro atoms. The normalized spacial score (nSPS) is 20.9. The van der Waals surface area contributed by atoms with E-state index in [9.17, 15) is 0 Å². The first kappa shape index (κ1) is 12.3. The van der Waals surface area contributed by atoms with Gasteiger partial charge in [-0.1, -0.05) is 6.92 Å². The van der Waals surface area contributed by atoms with Crippen molar-refractivity contribution in [3.63, 3.8) is 0 Å². The molecule has 0 radical (unpaired) electrons. The SMILES string of the molecule is CCc1ccc(N2CCCC(N(C)C)C2)nn1. The summed E-state index contributed by atoms with van der Waals surface area (Å²) in [4.78, 5) is 4.65. The Kier molecular flexibility index (Phi) is 3.94. The maximum Gasteiger partial charge on any atom is 0.151 e. The van der Waals surface area contributed by atoms with Crippen LogP contribution in [0.1, 0.15) is 25.5 Å². The van der Waals surface area contributed by atoms with Crippen molar-refractivity contribution >= 4 is 5.82 Å². The summed E-state index contributed by atoms with van der Waals surface area (Å²) in [5.74, 6) is 1.02. The average molecular weight is 234 g/mol. The number of nitrogens with zero attached hydrogens (tertiary/aromatic N) is 4. The van der Waals surface area contributed by atoms with Crippen molar-refractivity contribution in [1.82, 2.24) is 15.1 Å². The van der Waals surface area contributed by atoms with Crippen LogP contribution in [0.25, 0.3) is 0 Å². The van der Waals surface area contributed by atoms with Gasteiger partial charge < -0.3 is 9.80 Å². The van der Waals surface area contributed by atoms with E-state index in [4.69, 9.17) is 0 Å². The molecule has 1 atom stereocenters. The highest BCUT2D eigenvalue weighted by Gasteiger charge is 2.22. The lowest BCUT2D eigenvalue weighted by Gasteiger charge is -2.36. The zero-order chi connectivity index (χ0) is 12.3. The van der Waals surface area contributed by atoms with Gasteiger partial charge in [0.15, 0.2) is 5.82 Å². The van der Waals surface area contributed by atoms with E-state index in [1.54, 1.807) is 0 Å². The summed E-state index contributed by atoms with van der Waals surface area (Å²) in [7, 11) is 4.31. The molecule has 1 aromatic rings. The Labute approximate surface area is 104 Å². The van der Waals surface area contributed by atoms with Gasteiger partial charge in [0.2, 0.25) is 0 Å². The smallest absolute Gasteiger partial charge is 0.151 e. The molecule has 2 rings (SSSR count). The topological polar surface area (TPSA) is 32.3 Å². The molecular formula is C13H22N4. The standard InChI is InChI=1S/C13H22N4/c1-4-11-7-8-13(15-14-11)17-9-5-6-12(10-17)16(2)3/h7-8,12H,4-6,9-10H2,1-3H3. The Hall–Kier alpha value is -1.16. The van der Waals surface area contributed by atoms with Gasteiger partial charge in [-0.15, -0.1) is 5.10 Å². The van der Waals surface area contributed by atoms with E-state index in [1.165, 1.54) is 12.8 Å². The minimum absolute atomic E-state index is 0.636. The van der Waals surface area contributed by atoms with Crippen molar-refractivity contribution in [2.24, 2.45) is 0 Å². The minimum atomic E-state index is 0.636. The van der Waals surface area contributed by atoms with E-state index in [1.807, 2.05) is 0 Å². The predicted octanol–water partition coefficient (Wildman–Crippen LogP) is 1.57. The van der Waals surface area contributed by atoms with E-state index >= 15 is 0 Å². The fourth-order valence-corrected chi connectivity index (χ4v) is 2.29. The average Bonchev–Trinajstić information content (AvgIpc) is 2.39. The van der Waals surface area contributed by atoms with Crippen molar-refractivity contribution < 1.29 is 0 Å². The molecule has 0 saturated carbocycles. The Morgan fingerprint density at radius 2 is 2.18 bits per heavy atom. The zero-order valence-electron chi connectivity index (χ0n) is 11.1. The van der Waals surface area contributed by atoms with Crippen molar-refractivity contribution in [2.45, 2.75) is 32.2 Å². The van der Waals surface area contributed by atoms with E-state index in [2.05, 4.69) is 53.1 Å². The Morgan fingerprint density at radius 1 is 1.35 bits per heavy atom. The Balaban J connectivity index is 2.05. The van der Waals surface area contributed by atoms with E-state index in [0.717, 1.165) is 31.0 Å². The molecule has 0 aliphatic carbocycles. The number of anilines is 1. The van der Waals surface area contributed by atoms with Gasteiger partial charge in [-0.25, -0.2) is 0 Å². The first-order valence-corrected chi connectivity index (χ1v) is 6.44. The van der Waals surface area contributed by atoms with Gasteiger partial charge in [-0.2, -0.15) is 5.10 Å². The third-order valence-electron chi connectivity index (χ3n) is 3.52. The number of likely N-dealkylation sites (N-methyl/N-ethyl adjacent to an activating group) is 1. The summed E-state index contributed by atoms with van der Waals surface area (Å²) in [5.41, 5.74) is 1.06. The highest BCUT2D eigenvalue weighted by atomic mass is 15.3. The van der Waals surface area contributed by atoms with Crippen molar-refractivity contribution in [2.75, 3.05) is 32.1 Å². The second-order valence-electron chi connectivity index (χ2n) is 4.94. The zero-order valence-corrected chi connectivity index (χ0v) is 11.1. The molecule has 4 heteroatoms. The number of aryl methyl sites for hydroxylation is 1. The summed E-state index contributed by atoms with van der Waals surface area (Å²) in [6.45, 7) is 4.27. The third-order valence-corrected chi connectivity index (χ3v) is 3.52. The molecule has 4 nitrogen and oxygen atoms in total. The van der Waals surface area contributed by atoms with Crippen molar-refractivity contribution in [3.8, 4) is 0 Å². The summed E-state index contributed by atoms with van der Waals surface area (Å²) in [6, 6.07) is 4.82. The number of hydrogen-bond acceptors (Lipinski definition) is 4. The molecule has 1 unspecified atom stereocenters. The fourth-order valence-electron chi connectivity index (χ4n) is 2.29. The van der Waals surface area contributed by atoms with Gasteiger partial charge in [0.05, 0.1) is 5.69 Å². The van der Waals surface area contributed by atoms with Gasteiger partial charge in [-0.3, -0.25) is 0 Å². The van der Waals surface area contributed by atoms with Crippen molar-refractivity contribution in [1.29, 1.82) is 0 Å². The largest absolute Gasteiger partial charge is 0.354 e. The van der Waals surface area contributed by atoms with Crippen LogP contribution in [0.15, 0.2) is 12.1 Å². The molecule has 94 valence electrons. The second kappa shape index (κ2) is 5.45. The highest BCUT2D eigenvalue weighted by molar-refractivity contribution is 5.38. The van der Waals surface area contributed by atoms with Crippen molar-refractivity contribution in [3.05, 3.63) is 17.8 Å². The number of piperidine rings is 1. The lowest BCUT2D eigenvalue weighted by molar-refractivity contribution is 0.257. The van der Waals surface area contributed by atoms with Crippen LogP contribution in [-0.2, 0) is 6.42 Å². The van der Waals surface area contributed by atoms with E-state index in [0.29, 0.717) is 6.04 Å². The molecule has 1 aromatic heterocycles. The maximum absolute atomic E-state index is 4.32. The summed E-state index contributed by atoms with van der Waals surface area (Å²) in [6.07, 6.45) is 3.47. The molecule has 0 N–H and O–H groups in total. The Morgan fingerprint density at radius 3 is 2.76 bits per heavy atom. The molecule has 0 amide bonds. The van der Waals surface area contributed by atoms with Crippen LogP contribution in [0.3, 0.4) is 0 Å². The molecular weight excluding hydrogens is 212 g/mol. The number of rotatable bonds is 3. The van der Waals surface area contributed by atoms with Gasteiger partial charge in [0, 0.05) is 19.1 Å². The summed E-state index contributed by atoms with van der Waals surface area (Å²) >= 11 is 0. The minimum Gasteiger partial charge on any atom is -0.354 e. The first-order chi connectivity index (χ1) is 8.20. The van der Waals surface area contributed by atoms with E-state index < -0.39 is 0 Å². The van der Waals surface area contributed by atoms with Crippen LogP contribution in [-0.4, -0.2) is 48.3 Å². The molecule has 1 aliphatic rings. The molecule has 0 bridgehead atoms. The van der Waals surface area contributed by atoms with E-state index in [-0.39, 0.29) is 0 Å². The van der Waals surface area contributed by atoms with Crippen LogP contribution in [0.4, 0.5) is 5.82 Å². The lowest BCUT2D eigenvalue weighted by atomic mass is 10.1. The van der Waals surface area contributed by atoms with Crippen LogP contribution in [0.2, 0.25) is 0 Å². The summed E-state index contributed by atoms with van der Waals surface area (Å²) in [5, 5.41) is 8.56. The third kappa shape index (κ3) is 2.94. The fraction of sp³-hybridized carbons (Fsp3) is 0.692. The van der Waals surface area contributed by atoms with Gasteiger partial charge in [0.1, 0.15) is 0 Å². The monoisotopic (exact) mass is 234 g/mol. The van der Waals surface area contributed by atoms with Gasteiger partial charge in [0.25, 0.3) is 0 Å². The van der Waals surface area contributed by atoms with Crippen LogP contribution in [0.5, 0.6) is 0 Å². The maximum atomic E-state index is 4.32. The lowest BCUT2D eigenvalue weighted by Crippen LogP contribution is -2.45. The molecule has 1 saturated heterocycles. The molecule has 0 aromatic carbocycles.